The van der Waals surface area contributed by atoms with E-state index in [1.165, 1.54) is 25.7 Å². The first-order valence-electron chi connectivity index (χ1n) is 5.56. The van der Waals surface area contributed by atoms with Crippen LogP contribution in [0.25, 0.3) is 0 Å². The number of hydrogen-bond donors (Lipinski definition) is 0. The third-order valence-electron chi connectivity index (χ3n) is 4.53. The highest BCUT2D eigenvalue weighted by Gasteiger charge is 2.56. The summed E-state index contributed by atoms with van der Waals surface area (Å²) in [7, 11) is 0. The second kappa shape index (κ2) is 2.91. The molecule has 14 heavy (non-hydrogen) atoms. The minimum absolute atomic E-state index is 0.0306. The Morgan fingerprint density at radius 2 is 2.29 bits per heavy atom. The lowest BCUT2D eigenvalue weighted by molar-refractivity contribution is -0.137. The third-order valence-corrected chi connectivity index (χ3v) is 5.29. The van der Waals surface area contributed by atoms with Crippen molar-refractivity contribution < 1.29 is 9.53 Å². The molecule has 4 unspecified atom stereocenters. The zero-order valence-electron chi connectivity index (χ0n) is 8.29. The van der Waals surface area contributed by atoms with Gasteiger partial charge in [0.25, 0.3) is 0 Å². The number of esters is 1. The lowest BCUT2D eigenvalue weighted by Crippen LogP contribution is -2.26. The van der Waals surface area contributed by atoms with Crippen LogP contribution in [0, 0.1) is 17.3 Å². The monoisotopic (exact) mass is 213 g/mol. The van der Waals surface area contributed by atoms with Crippen molar-refractivity contribution in [1.29, 1.82) is 0 Å². The normalized spacial score (nSPS) is 51.2. The fourth-order valence-electron chi connectivity index (χ4n) is 3.74. The van der Waals surface area contributed by atoms with Gasteiger partial charge in [-0.15, -0.1) is 0 Å². The maximum atomic E-state index is 11.2. The van der Waals surface area contributed by atoms with Gasteiger partial charge in [-0.25, -0.2) is 0 Å². The summed E-state index contributed by atoms with van der Waals surface area (Å²) in [4.78, 5) is 11.2. The van der Waals surface area contributed by atoms with Crippen molar-refractivity contribution in [3.63, 3.8) is 0 Å². The highest BCUT2D eigenvalue weighted by molar-refractivity contribution is 7.59. The average molecular weight is 213 g/mol. The van der Waals surface area contributed by atoms with Crippen molar-refractivity contribution in [1.82, 2.24) is 0 Å². The molecule has 1 saturated heterocycles. The molecule has 1 heterocycles. The van der Waals surface area contributed by atoms with E-state index < -0.39 is 0 Å². The minimum Gasteiger partial charge on any atom is -0.465 e. The molecule has 2 nitrogen and oxygen atoms in total. The summed E-state index contributed by atoms with van der Waals surface area (Å²) >= 11 is 3.81. The van der Waals surface area contributed by atoms with E-state index in [0.717, 1.165) is 11.8 Å². The third kappa shape index (κ3) is 1.14. The van der Waals surface area contributed by atoms with Gasteiger partial charge in [-0.2, -0.15) is 0 Å². The molecule has 2 aliphatic carbocycles. The zero-order valence-corrected chi connectivity index (χ0v) is 9.29. The van der Waals surface area contributed by atoms with Gasteiger partial charge in [0.2, 0.25) is 0 Å². The summed E-state index contributed by atoms with van der Waals surface area (Å²) in [6, 6.07) is 0. The van der Waals surface area contributed by atoms with Crippen molar-refractivity contribution in [2.24, 2.45) is 17.3 Å². The van der Waals surface area contributed by atoms with E-state index in [-0.39, 0.29) is 11.4 Å². The number of rotatable bonds is 0. The Morgan fingerprint density at radius 3 is 2.93 bits per heavy atom. The first-order valence-corrected chi connectivity index (χ1v) is 6.14. The van der Waals surface area contributed by atoms with Crippen molar-refractivity contribution in [2.45, 2.75) is 37.4 Å². The largest absolute Gasteiger partial charge is 0.465 e. The molecule has 78 valence electrons. The first-order chi connectivity index (χ1) is 6.70. The average Bonchev–Trinajstić information content (AvgIpc) is 2.65. The molecule has 3 aliphatic rings. The van der Waals surface area contributed by atoms with Crippen LogP contribution in [0.4, 0.5) is 0 Å². The van der Waals surface area contributed by atoms with E-state index >= 15 is 0 Å². The molecule has 4 atom stereocenters. The van der Waals surface area contributed by atoms with Gasteiger partial charge in [-0.05, 0) is 44.2 Å². The standard InChI is InChI=1S/C11H16O2S/c12-10-5-11(6-13-10)4-7-3-8(11)1-2-9(7)14/h7-9,14H,1-6H2/p+1. The summed E-state index contributed by atoms with van der Waals surface area (Å²) in [5, 5.41) is 0.682. The van der Waals surface area contributed by atoms with E-state index in [9.17, 15) is 4.79 Å². The van der Waals surface area contributed by atoms with Crippen molar-refractivity contribution >= 4 is 18.6 Å². The van der Waals surface area contributed by atoms with Gasteiger partial charge in [0, 0.05) is 11.3 Å². The summed E-state index contributed by atoms with van der Waals surface area (Å²) in [5.74, 6) is 1.58. The molecule has 2 bridgehead atoms. The van der Waals surface area contributed by atoms with E-state index in [2.05, 4.69) is 12.6 Å². The molecule has 3 rings (SSSR count). The number of carbonyl (C=O) groups excluding carboxylic acids is 1. The Balaban J connectivity index is 1.86. The van der Waals surface area contributed by atoms with Gasteiger partial charge in [-0.3, -0.25) is 4.79 Å². The molecule has 0 aromatic heterocycles. The van der Waals surface area contributed by atoms with Crippen LogP contribution in [0.2, 0.25) is 0 Å². The van der Waals surface area contributed by atoms with Crippen LogP contribution in [0.5, 0.6) is 0 Å². The Hall–Kier alpha value is -0.180. The second-order valence-electron chi connectivity index (χ2n) is 5.28. The fraction of sp³-hybridized carbons (Fsp3) is 0.909. The van der Waals surface area contributed by atoms with Gasteiger partial charge in [0.15, 0.2) is 0 Å². The highest BCUT2D eigenvalue weighted by atomic mass is 32.1. The summed E-state index contributed by atoms with van der Waals surface area (Å²) in [6.07, 6.45) is 5.76. The van der Waals surface area contributed by atoms with Crippen molar-refractivity contribution in [3.05, 3.63) is 0 Å². The number of carbonyl (C=O) groups is 1. The van der Waals surface area contributed by atoms with Crippen LogP contribution in [0.3, 0.4) is 0 Å². The lowest BCUT2D eigenvalue weighted by Gasteiger charge is -2.27. The molecule has 0 radical (unpaired) electrons. The molecule has 1 aliphatic heterocycles. The number of ether oxygens (including phenoxy) is 1. The lowest BCUT2D eigenvalue weighted by atomic mass is 9.75. The quantitative estimate of drug-likeness (QED) is 0.445. The van der Waals surface area contributed by atoms with E-state index in [4.69, 9.17) is 4.74 Å². The van der Waals surface area contributed by atoms with Gasteiger partial charge >= 0.3 is 5.97 Å². The smallest absolute Gasteiger partial charge is 0.306 e. The van der Waals surface area contributed by atoms with E-state index in [0.29, 0.717) is 18.3 Å². The Morgan fingerprint density at radius 1 is 1.43 bits per heavy atom. The molecule has 2 saturated carbocycles. The number of hydrogen-bond acceptors (Lipinski definition) is 2. The van der Waals surface area contributed by atoms with E-state index in [1.54, 1.807) is 0 Å². The molecule has 0 aromatic rings. The predicted octanol–water partition coefficient (Wildman–Crippen LogP) is 1.12. The van der Waals surface area contributed by atoms with Crippen molar-refractivity contribution in [2.75, 3.05) is 6.61 Å². The molecule has 0 amide bonds. The predicted molar refractivity (Wildman–Crippen MR) is 57.4 cm³/mol. The second-order valence-corrected chi connectivity index (χ2v) is 6.02. The Bertz CT molecular complexity index is 278. The Kier molecular flexibility index (Phi) is 1.88. The highest BCUT2D eigenvalue weighted by Crippen LogP contribution is 2.57. The van der Waals surface area contributed by atoms with Gasteiger partial charge in [0.05, 0.1) is 13.0 Å². The van der Waals surface area contributed by atoms with Crippen LogP contribution in [-0.4, -0.2) is 17.8 Å². The van der Waals surface area contributed by atoms with Crippen LogP contribution in [0.15, 0.2) is 0 Å². The minimum atomic E-state index is 0.0306. The number of cyclic esters (lactones) is 1. The first kappa shape index (κ1) is 9.08. The van der Waals surface area contributed by atoms with Crippen LogP contribution >= 0.6 is 0 Å². The SMILES string of the molecule is O=C1CC2(CO1)CC1CC2CCC1[SH2+]. The molecule has 3 heteroatoms. The summed E-state index contributed by atoms with van der Waals surface area (Å²) < 4.78 is 5.18. The summed E-state index contributed by atoms with van der Waals surface area (Å²) in [5.41, 5.74) is 0.239. The van der Waals surface area contributed by atoms with E-state index in [1.807, 2.05) is 0 Å². The molecule has 1 spiro atoms. The van der Waals surface area contributed by atoms with Gasteiger partial charge < -0.3 is 4.74 Å². The zero-order chi connectivity index (χ0) is 9.76. The summed E-state index contributed by atoms with van der Waals surface area (Å²) in [6.45, 7) is 0.700. The van der Waals surface area contributed by atoms with Crippen LogP contribution in [0.1, 0.15) is 32.1 Å². The van der Waals surface area contributed by atoms with Gasteiger partial charge in [0.1, 0.15) is 5.25 Å². The van der Waals surface area contributed by atoms with Crippen LogP contribution < -0.4 is 0 Å². The molecular formula is C11H17O2S+. The topological polar surface area (TPSA) is 26.3 Å². The molecule has 0 aromatic carbocycles. The molecule has 0 N–H and O–H groups in total. The maximum absolute atomic E-state index is 11.2. The van der Waals surface area contributed by atoms with Crippen molar-refractivity contribution in [3.8, 4) is 0 Å². The van der Waals surface area contributed by atoms with Crippen LogP contribution in [-0.2, 0) is 22.2 Å². The Labute approximate surface area is 89.8 Å². The molecular weight excluding hydrogens is 196 g/mol. The van der Waals surface area contributed by atoms with Gasteiger partial charge in [-0.1, -0.05) is 0 Å². The fourth-order valence-corrected chi connectivity index (χ4v) is 4.16. The molecule has 3 fully saturated rings. The maximum Gasteiger partial charge on any atom is 0.306 e. The number of fused-ring (bicyclic) bond motifs is 3.